The summed E-state index contributed by atoms with van der Waals surface area (Å²) < 4.78 is 20.7. The van der Waals surface area contributed by atoms with Crippen molar-refractivity contribution < 1.29 is 43.2 Å². The van der Waals surface area contributed by atoms with Gasteiger partial charge in [0.25, 0.3) is 0 Å². The van der Waals surface area contributed by atoms with Gasteiger partial charge in [0, 0.05) is 26.6 Å². The van der Waals surface area contributed by atoms with Gasteiger partial charge in [0.15, 0.2) is 0 Å². The molecule has 0 aliphatic heterocycles. The lowest BCUT2D eigenvalue weighted by Crippen LogP contribution is -2.45. The van der Waals surface area contributed by atoms with Crippen LogP contribution in [0.25, 0.3) is 0 Å². The van der Waals surface area contributed by atoms with Gasteiger partial charge in [-0.3, -0.25) is 4.79 Å². The highest BCUT2D eigenvalue weighted by Gasteiger charge is 2.23. The Morgan fingerprint density at radius 1 is 1.00 bits per heavy atom. The molecule has 0 aromatic heterocycles. The standard InChI is InChI=1S/C21H41N3O8/c1-5-14-32-20(26)23-10-8-6-7-9-19(25)22-11-15-30-16-12-24(2,3)13-17-31-18-21(27,28)29-4/h5,27-28H,1,6-18H2,2-4H3,(H-,22,23,25,26)/p+1. The summed E-state index contributed by atoms with van der Waals surface area (Å²) in [5.41, 5.74) is 0. The van der Waals surface area contributed by atoms with E-state index in [1.165, 1.54) is 13.2 Å². The van der Waals surface area contributed by atoms with Crippen molar-refractivity contribution in [2.75, 3.05) is 80.4 Å². The summed E-state index contributed by atoms with van der Waals surface area (Å²) in [6.07, 6.45) is 3.86. The van der Waals surface area contributed by atoms with Crippen molar-refractivity contribution in [3.8, 4) is 0 Å². The predicted molar refractivity (Wildman–Crippen MR) is 119 cm³/mol. The highest BCUT2D eigenvalue weighted by Crippen LogP contribution is 2.02. The first-order valence-electron chi connectivity index (χ1n) is 10.9. The Morgan fingerprint density at radius 2 is 1.69 bits per heavy atom. The fourth-order valence-electron chi connectivity index (χ4n) is 2.42. The zero-order valence-electron chi connectivity index (χ0n) is 19.8. The molecule has 0 atom stereocenters. The number of rotatable bonds is 20. The summed E-state index contributed by atoms with van der Waals surface area (Å²) in [7, 11) is 5.24. The third kappa shape index (κ3) is 19.0. The molecule has 2 amide bonds. The van der Waals surface area contributed by atoms with Gasteiger partial charge in [-0.15, -0.1) is 0 Å². The molecule has 0 radical (unpaired) electrons. The summed E-state index contributed by atoms with van der Waals surface area (Å²) >= 11 is 0. The lowest BCUT2D eigenvalue weighted by Gasteiger charge is -2.30. The molecular weight excluding hydrogens is 422 g/mol. The highest BCUT2D eigenvalue weighted by molar-refractivity contribution is 5.75. The van der Waals surface area contributed by atoms with E-state index < -0.39 is 12.1 Å². The van der Waals surface area contributed by atoms with Crippen molar-refractivity contribution in [2.24, 2.45) is 0 Å². The van der Waals surface area contributed by atoms with Crippen LogP contribution in [0.3, 0.4) is 0 Å². The van der Waals surface area contributed by atoms with Gasteiger partial charge in [-0.05, 0) is 12.8 Å². The molecule has 0 heterocycles. The molecule has 0 aliphatic rings. The van der Waals surface area contributed by atoms with E-state index in [1.807, 2.05) is 14.1 Å². The SMILES string of the molecule is C=CCOC(=O)NCCCCCC(=O)NCCOCC[N+](C)(C)CCOCC(O)(O)OC. The van der Waals surface area contributed by atoms with E-state index in [4.69, 9.17) is 14.2 Å². The summed E-state index contributed by atoms with van der Waals surface area (Å²) in [5.74, 6) is -2.27. The lowest BCUT2D eigenvalue weighted by atomic mass is 10.2. The molecule has 11 nitrogen and oxygen atoms in total. The molecule has 0 saturated heterocycles. The summed E-state index contributed by atoms with van der Waals surface area (Å²) in [6, 6.07) is 0. The smallest absolute Gasteiger partial charge is 0.407 e. The Kier molecular flexibility index (Phi) is 16.8. The molecular formula is C21H42N3O8+. The number of nitrogens with zero attached hydrogens (tertiary/aromatic N) is 1. The van der Waals surface area contributed by atoms with Crippen LogP contribution in [0.4, 0.5) is 4.79 Å². The van der Waals surface area contributed by atoms with E-state index in [1.54, 1.807) is 0 Å². The van der Waals surface area contributed by atoms with E-state index >= 15 is 0 Å². The number of carbonyl (C=O) groups excluding carboxylic acids is 2. The Balaban J connectivity index is 3.57. The fraction of sp³-hybridized carbons (Fsp3) is 0.810. The topological polar surface area (TPSA) is 136 Å². The number of hydrogen-bond donors (Lipinski definition) is 4. The van der Waals surface area contributed by atoms with E-state index in [0.717, 1.165) is 25.8 Å². The molecule has 4 N–H and O–H groups in total. The number of carbonyl (C=O) groups is 2. The number of ether oxygens (including phenoxy) is 4. The Morgan fingerprint density at radius 3 is 2.34 bits per heavy atom. The van der Waals surface area contributed by atoms with Crippen molar-refractivity contribution in [3.63, 3.8) is 0 Å². The van der Waals surface area contributed by atoms with Crippen molar-refractivity contribution in [1.82, 2.24) is 10.6 Å². The molecule has 188 valence electrons. The molecule has 0 saturated carbocycles. The number of nitrogens with one attached hydrogen (secondary N) is 2. The van der Waals surface area contributed by atoms with Gasteiger partial charge in [0.1, 0.15) is 26.3 Å². The number of aliphatic hydroxyl groups is 2. The Bertz CT molecular complexity index is 529. The molecule has 11 heteroatoms. The van der Waals surface area contributed by atoms with Gasteiger partial charge in [-0.25, -0.2) is 4.79 Å². The van der Waals surface area contributed by atoms with Crippen LogP contribution >= 0.6 is 0 Å². The third-order valence-electron chi connectivity index (χ3n) is 4.55. The molecule has 0 aromatic rings. The van der Waals surface area contributed by atoms with Crippen LogP contribution in [0.5, 0.6) is 0 Å². The first-order valence-corrected chi connectivity index (χ1v) is 10.9. The van der Waals surface area contributed by atoms with Gasteiger partial charge >= 0.3 is 12.1 Å². The maximum atomic E-state index is 11.8. The first kappa shape index (κ1) is 30.2. The number of quaternary nitrogens is 1. The van der Waals surface area contributed by atoms with Crippen LogP contribution in [-0.2, 0) is 23.7 Å². The van der Waals surface area contributed by atoms with Crippen LogP contribution in [0.15, 0.2) is 12.7 Å². The van der Waals surface area contributed by atoms with Crippen LogP contribution < -0.4 is 10.6 Å². The van der Waals surface area contributed by atoms with Gasteiger partial charge in [0.05, 0.1) is 33.9 Å². The largest absolute Gasteiger partial charge is 0.445 e. The number of amides is 2. The van der Waals surface area contributed by atoms with Crippen LogP contribution in [0.1, 0.15) is 25.7 Å². The van der Waals surface area contributed by atoms with Crippen molar-refractivity contribution in [2.45, 2.75) is 31.7 Å². The molecule has 0 bridgehead atoms. The van der Waals surface area contributed by atoms with E-state index in [0.29, 0.717) is 50.4 Å². The zero-order chi connectivity index (χ0) is 24.3. The van der Waals surface area contributed by atoms with Crippen molar-refractivity contribution >= 4 is 12.0 Å². The Labute approximate surface area is 191 Å². The van der Waals surface area contributed by atoms with Gasteiger partial charge in [-0.2, -0.15) is 0 Å². The molecule has 0 spiro atoms. The minimum atomic E-state index is -2.26. The second-order valence-electron chi connectivity index (χ2n) is 7.97. The number of likely N-dealkylation sites (N-methyl/N-ethyl adjacent to an activating group) is 1. The maximum Gasteiger partial charge on any atom is 0.407 e. The fourth-order valence-corrected chi connectivity index (χ4v) is 2.42. The average Bonchev–Trinajstić information content (AvgIpc) is 2.74. The minimum absolute atomic E-state index is 0.0138. The first-order chi connectivity index (χ1) is 15.1. The summed E-state index contributed by atoms with van der Waals surface area (Å²) in [5, 5.41) is 24.0. The van der Waals surface area contributed by atoms with Crippen LogP contribution in [0, 0.1) is 0 Å². The molecule has 32 heavy (non-hydrogen) atoms. The van der Waals surface area contributed by atoms with E-state index in [9.17, 15) is 19.8 Å². The Hall–Kier alpha value is -1.76. The minimum Gasteiger partial charge on any atom is -0.445 e. The normalized spacial score (nSPS) is 11.8. The molecule has 0 rings (SSSR count). The quantitative estimate of drug-likeness (QED) is 0.0854. The summed E-state index contributed by atoms with van der Waals surface area (Å²) in [4.78, 5) is 23.0. The van der Waals surface area contributed by atoms with E-state index in [-0.39, 0.29) is 19.1 Å². The predicted octanol–water partition coefficient (Wildman–Crippen LogP) is -0.0304. The summed E-state index contributed by atoms with van der Waals surface area (Å²) in [6.45, 7) is 7.05. The second kappa shape index (κ2) is 17.8. The monoisotopic (exact) mass is 464 g/mol. The van der Waals surface area contributed by atoms with Gasteiger partial charge in [-0.1, -0.05) is 19.1 Å². The third-order valence-corrected chi connectivity index (χ3v) is 4.55. The van der Waals surface area contributed by atoms with Crippen molar-refractivity contribution in [3.05, 3.63) is 12.7 Å². The maximum absolute atomic E-state index is 11.8. The average molecular weight is 465 g/mol. The van der Waals surface area contributed by atoms with Gasteiger partial charge in [0.2, 0.25) is 5.91 Å². The van der Waals surface area contributed by atoms with Gasteiger partial charge < -0.3 is 44.3 Å². The van der Waals surface area contributed by atoms with Crippen molar-refractivity contribution in [1.29, 1.82) is 0 Å². The van der Waals surface area contributed by atoms with Crippen LogP contribution in [0.2, 0.25) is 0 Å². The molecule has 0 unspecified atom stereocenters. The second-order valence-corrected chi connectivity index (χ2v) is 7.97. The molecule has 0 aromatic carbocycles. The lowest BCUT2D eigenvalue weighted by molar-refractivity contribution is -0.891. The molecule has 0 fully saturated rings. The zero-order valence-corrected chi connectivity index (χ0v) is 19.8. The number of alkyl carbamates (subject to hydrolysis) is 1. The molecule has 0 aliphatic carbocycles. The number of hydrogen-bond acceptors (Lipinski definition) is 8. The van der Waals surface area contributed by atoms with Crippen LogP contribution in [-0.4, -0.2) is 113 Å². The number of methoxy groups -OCH3 is 1. The number of unbranched alkanes of at least 4 members (excludes halogenated alkanes) is 2. The van der Waals surface area contributed by atoms with E-state index in [2.05, 4.69) is 21.9 Å². The highest BCUT2D eigenvalue weighted by atomic mass is 16.8.